The number of fused-ring (bicyclic) bond motifs is 3. The normalized spacial score (nSPS) is 18.2. The minimum absolute atomic E-state index is 0.000999. The van der Waals surface area contributed by atoms with Crippen LogP contribution in [-0.4, -0.2) is 47.1 Å². The van der Waals surface area contributed by atoms with Gasteiger partial charge in [-0.25, -0.2) is 4.39 Å². The van der Waals surface area contributed by atoms with Gasteiger partial charge < -0.3 is 20.1 Å². The number of halogens is 3. The molecule has 1 aromatic heterocycles. The second-order valence-corrected chi connectivity index (χ2v) is 10.8. The molecule has 1 saturated heterocycles. The minimum Gasteiger partial charge on any atom is -0.384 e. The van der Waals surface area contributed by atoms with Crippen LogP contribution in [-0.2, 0) is 20.9 Å². The smallest absolute Gasteiger partial charge is 0.303 e. The van der Waals surface area contributed by atoms with Gasteiger partial charge >= 0.3 is 5.92 Å². The number of aliphatic hydroxyl groups is 1. The van der Waals surface area contributed by atoms with Crippen molar-refractivity contribution in [1.82, 2.24) is 10.2 Å². The van der Waals surface area contributed by atoms with E-state index in [0.29, 0.717) is 43.0 Å². The third kappa shape index (κ3) is 3.84. The fraction of sp³-hybridized carbons (Fsp3) is 0.464. The van der Waals surface area contributed by atoms with Crippen LogP contribution in [0.5, 0.6) is 0 Å². The van der Waals surface area contributed by atoms with Crippen LogP contribution in [0.15, 0.2) is 30.3 Å². The molecule has 0 unspecified atom stereocenters. The second-order valence-electron chi connectivity index (χ2n) is 10.8. The number of aromatic nitrogens is 2. The molecule has 10 heteroatoms. The van der Waals surface area contributed by atoms with Crippen molar-refractivity contribution in [2.24, 2.45) is 0 Å². The molecule has 1 atom stereocenters. The number of anilines is 2. The van der Waals surface area contributed by atoms with Gasteiger partial charge in [0, 0.05) is 42.3 Å². The van der Waals surface area contributed by atoms with Gasteiger partial charge in [-0.2, -0.15) is 13.9 Å². The van der Waals surface area contributed by atoms with Crippen LogP contribution in [0.25, 0.3) is 10.8 Å². The lowest BCUT2D eigenvalue weighted by atomic mass is 9.75. The number of carbonyl (C=O) groups is 1. The molecule has 0 radical (unpaired) electrons. The lowest BCUT2D eigenvalue weighted by Gasteiger charge is -2.32. The number of nitrogens with one attached hydrogen (secondary N) is 1. The number of rotatable bonds is 5. The zero-order valence-corrected chi connectivity index (χ0v) is 22.0. The highest BCUT2D eigenvalue weighted by Crippen LogP contribution is 2.49. The van der Waals surface area contributed by atoms with Gasteiger partial charge in [0.25, 0.3) is 0 Å². The number of aryl methyl sites for hydroxylation is 1. The number of nitrogens with zero attached hydrogens (tertiary/aromatic N) is 3. The van der Waals surface area contributed by atoms with Gasteiger partial charge in [0.1, 0.15) is 11.4 Å². The molecule has 7 nitrogen and oxygen atoms in total. The van der Waals surface area contributed by atoms with Gasteiger partial charge in [0.2, 0.25) is 5.91 Å². The van der Waals surface area contributed by atoms with Gasteiger partial charge in [-0.05, 0) is 64.3 Å². The number of carbonyl (C=O) groups excluding carboxylic acids is 1. The zero-order chi connectivity index (χ0) is 27.6. The van der Waals surface area contributed by atoms with Crippen molar-refractivity contribution in [3.05, 3.63) is 58.5 Å². The first-order valence-electron chi connectivity index (χ1n) is 12.6. The maximum absolute atomic E-state index is 15.4. The van der Waals surface area contributed by atoms with Crippen molar-refractivity contribution in [3.8, 4) is 0 Å². The molecule has 2 aliphatic rings. The Morgan fingerprint density at radius 1 is 1.16 bits per heavy atom. The first-order chi connectivity index (χ1) is 17.8. The first-order valence-corrected chi connectivity index (χ1v) is 12.6. The quantitative estimate of drug-likeness (QED) is 0.477. The maximum atomic E-state index is 15.4. The summed E-state index contributed by atoms with van der Waals surface area (Å²) in [6.45, 7) is 6.32. The molecule has 2 aromatic carbocycles. The van der Waals surface area contributed by atoms with Crippen molar-refractivity contribution in [2.45, 2.75) is 63.5 Å². The number of hydrogen-bond acceptors (Lipinski definition) is 6. The number of benzene rings is 2. The van der Waals surface area contributed by atoms with Crippen molar-refractivity contribution >= 4 is 28.2 Å². The van der Waals surface area contributed by atoms with Crippen LogP contribution in [0.3, 0.4) is 0 Å². The highest BCUT2D eigenvalue weighted by molar-refractivity contribution is 6.11. The Morgan fingerprint density at radius 2 is 1.84 bits per heavy atom. The number of alkyl halides is 2. The molecule has 3 heterocycles. The highest BCUT2D eigenvalue weighted by atomic mass is 19.3. The van der Waals surface area contributed by atoms with Crippen LogP contribution in [0.4, 0.5) is 24.7 Å². The molecule has 3 aromatic rings. The van der Waals surface area contributed by atoms with Crippen LogP contribution in [0, 0.1) is 12.7 Å². The number of ether oxygens (including phenoxy) is 1. The lowest BCUT2D eigenvalue weighted by molar-refractivity contribution is -0.170. The molecule has 1 fully saturated rings. The van der Waals surface area contributed by atoms with E-state index in [0.717, 1.165) is 36.6 Å². The van der Waals surface area contributed by atoms with E-state index < -0.39 is 34.4 Å². The van der Waals surface area contributed by atoms with Crippen LogP contribution in [0.1, 0.15) is 62.0 Å². The van der Waals surface area contributed by atoms with Crippen LogP contribution in [0.2, 0.25) is 0 Å². The van der Waals surface area contributed by atoms with Crippen molar-refractivity contribution in [1.29, 1.82) is 0 Å². The summed E-state index contributed by atoms with van der Waals surface area (Å²) in [4.78, 5) is 15.1. The zero-order valence-electron chi connectivity index (χ0n) is 22.0. The number of likely N-dealkylation sites (N-methyl/N-ethyl adjacent to an activating group) is 1. The monoisotopic (exact) mass is 528 g/mol. The fourth-order valence-electron chi connectivity index (χ4n) is 5.57. The van der Waals surface area contributed by atoms with Gasteiger partial charge in [-0.15, -0.1) is 5.10 Å². The standard InChI is InChI=1S/C28H31F3N4O3/c1-15(17-7-6-8-20(23(17)29)28(30,31)26(3,4)37)32-24-19-13-21-22(14-18(19)16(2)33-34-24)35(5)25(36)27(21)9-11-38-12-10-27/h6-8,13-15,37H,9-12H2,1-5H3,(H,32,34)/t15-/m1/s1. The summed E-state index contributed by atoms with van der Waals surface area (Å²) in [5.41, 5.74) is -1.65. The van der Waals surface area contributed by atoms with E-state index in [1.54, 1.807) is 18.9 Å². The Balaban J connectivity index is 1.58. The van der Waals surface area contributed by atoms with Crippen molar-refractivity contribution < 1.29 is 27.8 Å². The lowest BCUT2D eigenvalue weighted by Crippen LogP contribution is -2.42. The molecule has 0 bridgehead atoms. The van der Waals surface area contributed by atoms with E-state index in [9.17, 15) is 18.7 Å². The number of amides is 1. The summed E-state index contributed by atoms with van der Waals surface area (Å²) in [5.74, 6) is -4.53. The predicted octanol–water partition coefficient (Wildman–Crippen LogP) is 5.14. The Labute approximate surface area is 219 Å². The Kier molecular flexibility index (Phi) is 6.18. The molecule has 1 amide bonds. The molecular formula is C28H31F3N4O3. The summed E-state index contributed by atoms with van der Waals surface area (Å²) >= 11 is 0. The Morgan fingerprint density at radius 3 is 2.50 bits per heavy atom. The molecule has 5 rings (SSSR count). The van der Waals surface area contributed by atoms with Gasteiger partial charge in [-0.3, -0.25) is 4.79 Å². The van der Waals surface area contributed by atoms with Gasteiger partial charge in [0.15, 0.2) is 5.82 Å². The third-order valence-electron chi connectivity index (χ3n) is 7.97. The summed E-state index contributed by atoms with van der Waals surface area (Å²) in [5, 5.41) is 23.2. The molecular weight excluding hydrogens is 497 g/mol. The van der Waals surface area contributed by atoms with Gasteiger partial charge in [0.05, 0.1) is 22.7 Å². The molecule has 2 N–H and O–H groups in total. The fourth-order valence-corrected chi connectivity index (χ4v) is 5.57. The van der Waals surface area contributed by atoms with E-state index in [1.165, 1.54) is 12.1 Å². The van der Waals surface area contributed by atoms with Crippen LogP contribution >= 0.6 is 0 Å². The average Bonchev–Trinajstić information content (AvgIpc) is 3.06. The molecule has 38 heavy (non-hydrogen) atoms. The summed E-state index contributed by atoms with van der Waals surface area (Å²) in [6.07, 6.45) is 1.14. The second kappa shape index (κ2) is 8.91. The molecule has 0 saturated carbocycles. The summed E-state index contributed by atoms with van der Waals surface area (Å²) in [7, 11) is 1.77. The SMILES string of the molecule is Cc1nnc(N[C@H](C)c2cccc(C(F)(F)C(C)(C)O)c2F)c2cc3c(cc12)N(C)C(=O)C31CCOCC1. The van der Waals surface area contributed by atoms with E-state index in [1.807, 2.05) is 19.1 Å². The van der Waals surface area contributed by atoms with E-state index in [-0.39, 0.29) is 11.5 Å². The van der Waals surface area contributed by atoms with Crippen molar-refractivity contribution in [2.75, 3.05) is 30.5 Å². The molecule has 202 valence electrons. The molecule has 0 aliphatic carbocycles. The Hall–Kier alpha value is -3.24. The maximum Gasteiger partial charge on any atom is 0.303 e. The summed E-state index contributed by atoms with van der Waals surface area (Å²) in [6, 6.07) is 6.86. The minimum atomic E-state index is -3.81. The Bertz CT molecular complexity index is 1430. The van der Waals surface area contributed by atoms with E-state index in [4.69, 9.17) is 4.74 Å². The first kappa shape index (κ1) is 26.4. The molecule has 2 aliphatic heterocycles. The third-order valence-corrected chi connectivity index (χ3v) is 7.97. The largest absolute Gasteiger partial charge is 0.384 e. The number of hydrogen-bond donors (Lipinski definition) is 2. The topological polar surface area (TPSA) is 87.6 Å². The average molecular weight is 529 g/mol. The van der Waals surface area contributed by atoms with Gasteiger partial charge in [-0.1, -0.05) is 12.1 Å². The van der Waals surface area contributed by atoms with Crippen molar-refractivity contribution in [3.63, 3.8) is 0 Å². The van der Waals surface area contributed by atoms with E-state index in [2.05, 4.69) is 15.5 Å². The molecule has 1 spiro atoms. The van der Waals surface area contributed by atoms with E-state index >= 15 is 4.39 Å². The van der Waals surface area contributed by atoms with Crippen LogP contribution < -0.4 is 10.2 Å². The predicted molar refractivity (Wildman–Crippen MR) is 138 cm³/mol. The highest BCUT2D eigenvalue weighted by Gasteiger charge is 2.51. The summed E-state index contributed by atoms with van der Waals surface area (Å²) < 4.78 is 50.6.